The van der Waals surface area contributed by atoms with Crippen LogP contribution in [0.25, 0.3) is 11.3 Å². The second kappa shape index (κ2) is 6.34. The number of halogens is 1. The Morgan fingerprint density at radius 3 is 2.61 bits per heavy atom. The summed E-state index contributed by atoms with van der Waals surface area (Å²) in [4.78, 5) is 16.1. The minimum absolute atomic E-state index is 0.269. The van der Waals surface area contributed by atoms with E-state index in [1.807, 2.05) is 6.07 Å². The monoisotopic (exact) mass is 323 g/mol. The van der Waals surface area contributed by atoms with Gasteiger partial charge in [0, 0.05) is 16.8 Å². The van der Waals surface area contributed by atoms with Crippen LogP contribution in [0.3, 0.4) is 0 Å². The lowest BCUT2D eigenvalue weighted by atomic mass is 10.1. The van der Waals surface area contributed by atoms with Crippen molar-refractivity contribution in [2.75, 3.05) is 5.32 Å². The fraction of sp³-hybridized carbons (Fsp3) is 0. The highest BCUT2D eigenvalue weighted by atomic mass is 35.5. The van der Waals surface area contributed by atoms with Crippen molar-refractivity contribution in [3.8, 4) is 17.4 Å². The van der Waals surface area contributed by atoms with Crippen molar-refractivity contribution < 1.29 is 9.21 Å². The van der Waals surface area contributed by atoms with Crippen molar-refractivity contribution in [3.05, 3.63) is 71.2 Å². The number of nitriles is 1. The highest BCUT2D eigenvalue weighted by Gasteiger charge is 2.09. The van der Waals surface area contributed by atoms with Gasteiger partial charge in [0.2, 0.25) is 0 Å². The van der Waals surface area contributed by atoms with E-state index in [9.17, 15) is 4.79 Å². The van der Waals surface area contributed by atoms with Crippen molar-refractivity contribution in [2.24, 2.45) is 0 Å². The molecule has 0 aliphatic rings. The van der Waals surface area contributed by atoms with E-state index in [1.54, 1.807) is 48.7 Å². The Balaban J connectivity index is 1.76. The summed E-state index contributed by atoms with van der Waals surface area (Å²) in [5.74, 6) is 0.366. The molecule has 0 unspecified atom stereocenters. The molecular formula is C17H10ClN3O2. The van der Waals surface area contributed by atoms with E-state index in [4.69, 9.17) is 21.3 Å². The van der Waals surface area contributed by atoms with E-state index in [-0.39, 0.29) is 5.91 Å². The van der Waals surface area contributed by atoms with Crippen LogP contribution in [0.15, 0.2) is 59.5 Å². The van der Waals surface area contributed by atoms with Crippen LogP contribution in [0.1, 0.15) is 15.9 Å². The Kier molecular flexibility index (Phi) is 4.09. The quantitative estimate of drug-likeness (QED) is 0.786. The van der Waals surface area contributed by atoms with Crippen molar-refractivity contribution >= 4 is 23.2 Å². The molecule has 0 saturated carbocycles. The molecule has 0 saturated heterocycles. The topological polar surface area (TPSA) is 78.9 Å². The molecule has 1 aromatic heterocycles. The van der Waals surface area contributed by atoms with E-state index in [0.717, 1.165) is 5.56 Å². The number of amides is 1. The van der Waals surface area contributed by atoms with Crippen molar-refractivity contribution in [1.29, 1.82) is 5.26 Å². The third kappa shape index (κ3) is 3.23. The lowest BCUT2D eigenvalue weighted by Gasteiger charge is -2.07. The van der Waals surface area contributed by atoms with Crippen LogP contribution in [0.4, 0.5) is 5.69 Å². The second-order valence-corrected chi connectivity index (χ2v) is 5.11. The summed E-state index contributed by atoms with van der Waals surface area (Å²) in [5.41, 5.74) is 2.22. The summed E-state index contributed by atoms with van der Waals surface area (Å²) in [7, 11) is 0. The molecule has 0 bridgehead atoms. The van der Waals surface area contributed by atoms with Crippen LogP contribution in [0.5, 0.6) is 0 Å². The summed E-state index contributed by atoms with van der Waals surface area (Å²) in [6.45, 7) is 0. The molecule has 23 heavy (non-hydrogen) atoms. The normalized spacial score (nSPS) is 10.1. The number of nitrogens with one attached hydrogen (secondary N) is 1. The third-order valence-corrected chi connectivity index (χ3v) is 3.52. The molecule has 5 nitrogen and oxygen atoms in total. The van der Waals surface area contributed by atoms with Crippen LogP contribution in [0, 0.1) is 11.3 Å². The third-order valence-electron chi connectivity index (χ3n) is 3.21. The Morgan fingerprint density at radius 1 is 1.22 bits per heavy atom. The van der Waals surface area contributed by atoms with Crippen molar-refractivity contribution in [1.82, 2.24) is 4.98 Å². The number of benzene rings is 2. The SMILES string of the molecule is N#Cc1ccc(NC(=O)c2ccc(-c3cnco3)cc2)cc1Cl. The van der Waals surface area contributed by atoms with Gasteiger partial charge in [0.25, 0.3) is 5.91 Å². The zero-order valence-corrected chi connectivity index (χ0v) is 12.5. The molecule has 0 radical (unpaired) electrons. The molecule has 1 amide bonds. The smallest absolute Gasteiger partial charge is 0.255 e. The summed E-state index contributed by atoms with van der Waals surface area (Å²) < 4.78 is 5.20. The molecule has 112 valence electrons. The van der Waals surface area contributed by atoms with Gasteiger partial charge in [-0.2, -0.15) is 5.26 Å². The lowest BCUT2D eigenvalue weighted by molar-refractivity contribution is 0.102. The minimum Gasteiger partial charge on any atom is -0.444 e. The Labute approximate surface area is 137 Å². The van der Waals surface area contributed by atoms with Crippen LogP contribution in [-0.2, 0) is 0 Å². The first kappa shape index (κ1) is 14.8. The van der Waals surface area contributed by atoms with Crippen LogP contribution < -0.4 is 5.32 Å². The van der Waals surface area contributed by atoms with Gasteiger partial charge < -0.3 is 9.73 Å². The number of anilines is 1. The van der Waals surface area contributed by atoms with Gasteiger partial charge in [0.1, 0.15) is 6.07 Å². The van der Waals surface area contributed by atoms with E-state index >= 15 is 0 Å². The molecular weight excluding hydrogens is 314 g/mol. The number of hydrogen-bond donors (Lipinski definition) is 1. The first-order valence-corrected chi connectivity index (χ1v) is 7.05. The Hall–Kier alpha value is -3.10. The summed E-state index contributed by atoms with van der Waals surface area (Å²) in [6, 6.07) is 13.6. The van der Waals surface area contributed by atoms with E-state index in [1.165, 1.54) is 6.39 Å². The van der Waals surface area contributed by atoms with Gasteiger partial charge >= 0.3 is 0 Å². The molecule has 1 heterocycles. The van der Waals surface area contributed by atoms with Gasteiger partial charge in [-0.25, -0.2) is 4.98 Å². The van der Waals surface area contributed by atoms with Crippen molar-refractivity contribution in [2.45, 2.75) is 0 Å². The summed E-state index contributed by atoms with van der Waals surface area (Å²) in [5, 5.41) is 11.9. The average Bonchev–Trinajstić information content (AvgIpc) is 3.09. The van der Waals surface area contributed by atoms with Gasteiger partial charge in [0.05, 0.1) is 16.8 Å². The largest absolute Gasteiger partial charge is 0.444 e. The molecule has 6 heteroatoms. The molecule has 0 atom stereocenters. The minimum atomic E-state index is -0.269. The number of carbonyl (C=O) groups is 1. The standard InChI is InChI=1S/C17H10ClN3O2/c18-15-7-14(6-5-13(15)8-19)21-17(22)12-3-1-11(2-4-12)16-9-20-10-23-16/h1-7,9-10H,(H,21,22). The highest BCUT2D eigenvalue weighted by molar-refractivity contribution is 6.32. The number of rotatable bonds is 3. The Morgan fingerprint density at radius 2 is 2.00 bits per heavy atom. The maximum atomic E-state index is 12.2. The van der Waals surface area contributed by atoms with Gasteiger partial charge in [0.15, 0.2) is 12.2 Å². The average molecular weight is 324 g/mol. The predicted octanol–water partition coefficient (Wildman–Crippen LogP) is 4.12. The number of hydrogen-bond acceptors (Lipinski definition) is 4. The van der Waals surface area contributed by atoms with Crippen LogP contribution in [-0.4, -0.2) is 10.9 Å². The van der Waals surface area contributed by atoms with E-state index < -0.39 is 0 Å². The van der Waals surface area contributed by atoms with Crippen molar-refractivity contribution in [3.63, 3.8) is 0 Å². The highest BCUT2D eigenvalue weighted by Crippen LogP contribution is 2.22. The molecule has 0 fully saturated rings. The first-order chi connectivity index (χ1) is 11.2. The summed E-state index contributed by atoms with van der Waals surface area (Å²) >= 11 is 5.95. The number of oxazole rings is 1. The lowest BCUT2D eigenvalue weighted by Crippen LogP contribution is -2.11. The zero-order valence-electron chi connectivity index (χ0n) is 11.8. The van der Waals surface area contributed by atoms with Gasteiger partial charge in [-0.05, 0) is 30.3 Å². The number of aromatic nitrogens is 1. The second-order valence-electron chi connectivity index (χ2n) is 4.70. The zero-order chi connectivity index (χ0) is 16.2. The number of carbonyl (C=O) groups excluding carboxylic acids is 1. The fourth-order valence-electron chi connectivity index (χ4n) is 2.03. The fourth-order valence-corrected chi connectivity index (χ4v) is 2.25. The van der Waals surface area contributed by atoms with Crippen LogP contribution in [0.2, 0.25) is 5.02 Å². The molecule has 3 aromatic rings. The van der Waals surface area contributed by atoms with E-state index in [2.05, 4.69) is 10.3 Å². The maximum absolute atomic E-state index is 12.2. The van der Waals surface area contributed by atoms with Crippen LogP contribution >= 0.6 is 11.6 Å². The van der Waals surface area contributed by atoms with Gasteiger partial charge in [-0.15, -0.1) is 0 Å². The van der Waals surface area contributed by atoms with E-state index in [0.29, 0.717) is 27.6 Å². The maximum Gasteiger partial charge on any atom is 0.255 e. The Bertz CT molecular complexity index is 881. The molecule has 1 N–H and O–H groups in total. The molecule has 2 aromatic carbocycles. The number of nitrogens with zero attached hydrogens (tertiary/aromatic N) is 2. The molecule has 3 rings (SSSR count). The predicted molar refractivity (Wildman–Crippen MR) is 86.1 cm³/mol. The molecule has 0 spiro atoms. The summed E-state index contributed by atoms with van der Waals surface area (Å²) in [6.07, 6.45) is 2.96. The molecule has 0 aliphatic heterocycles. The van der Waals surface area contributed by atoms with Gasteiger partial charge in [-0.3, -0.25) is 4.79 Å². The molecule has 0 aliphatic carbocycles. The van der Waals surface area contributed by atoms with Gasteiger partial charge in [-0.1, -0.05) is 23.7 Å². The first-order valence-electron chi connectivity index (χ1n) is 6.67.